The lowest BCUT2D eigenvalue weighted by atomic mass is 9.98. The van der Waals surface area contributed by atoms with E-state index in [0.717, 1.165) is 23.5 Å². The number of nitrogens with zero attached hydrogens (tertiary/aromatic N) is 2. The van der Waals surface area contributed by atoms with Gasteiger partial charge in [0.25, 0.3) is 5.91 Å². The van der Waals surface area contributed by atoms with Gasteiger partial charge in [-0.05, 0) is 50.4 Å². The van der Waals surface area contributed by atoms with Crippen LogP contribution in [0.25, 0.3) is 0 Å². The van der Waals surface area contributed by atoms with Gasteiger partial charge < -0.3 is 9.80 Å². The maximum atomic E-state index is 12.6. The van der Waals surface area contributed by atoms with E-state index in [0.29, 0.717) is 12.0 Å². The van der Waals surface area contributed by atoms with Crippen molar-refractivity contribution in [1.82, 2.24) is 9.80 Å². The van der Waals surface area contributed by atoms with E-state index in [1.165, 1.54) is 12.8 Å². The molecule has 106 valence electrons. The lowest BCUT2D eigenvalue weighted by Gasteiger charge is -2.24. The predicted octanol–water partition coefficient (Wildman–Crippen LogP) is 2.86. The van der Waals surface area contributed by atoms with Gasteiger partial charge in [0.05, 0.1) is 4.88 Å². The minimum atomic E-state index is 0.220. The molecule has 1 amide bonds. The molecule has 2 heterocycles. The molecule has 0 N–H and O–H groups in total. The topological polar surface area (TPSA) is 23.6 Å². The number of carbonyl (C=O) groups is 1. The van der Waals surface area contributed by atoms with Crippen molar-refractivity contribution in [2.75, 3.05) is 27.2 Å². The van der Waals surface area contributed by atoms with Gasteiger partial charge in [-0.15, -0.1) is 11.3 Å². The van der Waals surface area contributed by atoms with Gasteiger partial charge in [0.15, 0.2) is 0 Å². The van der Waals surface area contributed by atoms with Crippen molar-refractivity contribution in [2.24, 2.45) is 5.92 Å². The fraction of sp³-hybridized carbons (Fsp3) is 0.667. The first-order chi connectivity index (χ1) is 9.04. The summed E-state index contributed by atoms with van der Waals surface area (Å²) in [6.07, 6.45) is 2.39. The summed E-state index contributed by atoms with van der Waals surface area (Å²) in [5.74, 6) is 0.835. The third kappa shape index (κ3) is 3.00. The molecule has 19 heavy (non-hydrogen) atoms. The summed E-state index contributed by atoms with van der Waals surface area (Å²) in [4.78, 5) is 17.8. The molecule has 0 saturated carbocycles. The minimum absolute atomic E-state index is 0.220. The van der Waals surface area contributed by atoms with Crippen LogP contribution in [0.3, 0.4) is 0 Å². The Morgan fingerprint density at radius 2 is 2.21 bits per heavy atom. The first kappa shape index (κ1) is 14.5. The van der Waals surface area contributed by atoms with Gasteiger partial charge in [-0.1, -0.05) is 13.3 Å². The van der Waals surface area contributed by atoms with E-state index in [1.807, 2.05) is 23.3 Å². The second kappa shape index (κ2) is 6.06. The maximum Gasteiger partial charge on any atom is 0.264 e. The fourth-order valence-electron chi connectivity index (χ4n) is 2.99. The molecule has 0 radical (unpaired) electrons. The van der Waals surface area contributed by atoms with Crippen LogP contribution in [0.15, 0.2) is 11.4 Å². The number of aryl methyl sites for hydroxylation is 1. The van der Waals surface area contributed by atoms with E-state index >= 15 is 0 Å². The lowest BCUT2D eigenvalue weighted by Crippen LogP contribution is -2.36. The quantitative estimate of drug-likeness (QED) is 0.846. The Balaban J connectivity index is 2.11. The van der Waals surface area contributed by atoms with Crippen LogP contribution in [0.2, 0.25) is 0 Å². The van der Waals surface area contributed by atoms with E-state index < -0.39 is 0 Å². The molecule has 0 bridgehead atoms. The Labute approximate surface area is 120 Å². The highest BCUT2D eigenvalue weighted by Crippen LogP contribution is 2.27. The Bertz CT molecular complexity index is 441. The average Bonchev–Trinajstić information content (AvgIpc) is 2.95. The summed E-state index contributed by atoms with van der Waals surface area (Å²) >= 11 is 1.56. The number of thiophene rings is 1. The molecule has 1 aromatic heterocycles. The number of hydrogen-bond acceptors (Lipinski definition) is 3. The van der Waals surface area contributed by atoms with Crippen LogP contribution in [-0.4, -0.2) is 48.9 Å². The lowest BCUT2D eigenvalue weighted by molar-refractivity contribution is 0.0785. The number of hydrogen-bond donors (Lipinski definition) is 0. The summed E-state index contributed by atoms with van der Waals surface area (Å²) < 4.78 is 0. The standard InChI is InChI=1S/C15H24N2OS/c1-5-6-12-9-17(10-13(12)16(3)4)15(18)14-11(2)7-8-19-14/h7-8,12-13H,5-6,9-10H2,1-4H3/t12-,13-/m1/s1. The molecule has 1 fully saturated rings. The predicted molar refractivity (Wildman–Crippen MR) is 80.8 cm³/mol. The zero-order valence-corrected chi connectivity index (χ0v) is 13.2. The molecule has 4 heteroatoms. The molecular weight excluding hydrogens is 256 g/mol. The van der Waals surface area contributed by atoms with Gasteiger partial charge in [0.2, 0.25) is 0 Å². The Hall–Kier alpha value is -0.870. The van der Waals surface area contributed by atoms with Crippen LogP contribution in [-0.2, 0) is 0 Å². The summed E-state index contributed by atoms with van der Waals surface area (Å²) in [6.45, 7) is 6.02. The van der Waals surface area contributed by atoms with Gasteiger partial charge in [-0.25, -0.2) is 0 Å². The first-order valence-electron chi connectivity index (χ1n) is 7.04. The highest BCUT2D eigenvalue weighted by atomic mass is 32.1. The molecule has 0 unspecified atom stereocenters. The third-order valence-electron chi connectivity index (χ3n) is 4.07. The fourth-order valence-corrected chi connectivity index (χ4v) is 3.89. The second-order valence-corrected chi connectivity index (χ2v) is 6.64. The average molecular weight is 280 g/mol. The highest BCUT2D eigenvalue weighted by molar-refractivity contribution is 7.12. The monoisotopic (exact) mass is 280 g/mol. The second-order valence-electron chi connectivity index (χ2n) is 5.72. The zero-order valence-electron chi connectivity index (χ0n) is 12.3. The van der Waals surface area contributed by atoms with Gasteiger partial charge >= 0.3 is 0 Å². The van der Waals surface area contributed by atoms with Gasteiger partial charge in [0.1, 0.15) is 0 Å². The molecule has 3 nitrogen and oxygen atoms in total. The van der Waals surface area contributed by atoms with Crippen LogP contribution in [0.4, 0.5) is 0 Å². The number of likely N-dealkylation sites (tertiary alicyclic amines) is 1. The summed E-state index contributed by atoms with van der Waals surface area (Å²) in [5.41, 5.74) is 1.11. The van der Waals surface area contributed by atoms with Crippen LogP contribution in [0.5, 0.6) is 0 Å². The van der Waals surface area contributed by atoms with Crippen molar-refractivity contribution in [3.8, 4) is 0 Å². The summed E-state index contributed by atoms with van der Waals surface area (Å²) in [5, 5.41) is 2.01. The van der Waals surface area contributed by atoms with Gasteiger partial charge in [-0.3, -0.25) is 4.79 Å². The molecule has 2 rings (SSSR count). The molecule has 1 aliphatic heterocycles. The van der Waals surface area contributed by atoms with E-state index in [2.05, 4.69) is 25.9 Å². The van der Waals surface area contributed by atoms with Crippen LogP contribution < -0.4 is 0 Å². The van der Waals surface area contributed by atoms with Crippen molar-refractivity contribution in [3.05, 3.63) is 21.9 Å². The molecular formula is C15H24N2OS. The Morgan fingerprint density at radius 1 is 1.47 bits per heavy atom. The van der Waals surface area contributed by atoms with Crippen LogP contribution in [0, 0.1) is 12.8 Å². The largest absolute Gasteiger partial charge is 0.336 e. The minimum Gasteiger partial charge on any atom is -0.336 e. The molecule has 0 aliphatic carbocycles. The highest BCUT2D eigenvalue weighted by Gasteiger charge is 2.36. The zero-order chi connectivity index (χ0) is 14.0. The van der Waals surface area contributed by atoms with Crippen molar-refractivity contribution in [2.45, 2.75) is 32.7 Å². The van der Waals surface area contributed by atoms with E-state index in [4.69, 9.17) is 0 Å². The molecule has 1 aliphatic rings. The smallest absolute Gasteiger partial charge is 0.264 e. The Morgan fingerprint density at radius 3 is 2.74 bits per heavy atom. The molecule has 2 atom stereocenters. The summed E-state index contributed by atoms with van der Waals surface area (Å²) in [6, 6.07) is 2.53. The van der Waals surface area contributed by atoms with E-state index in [1.54, 1.807) is 11.3 Å². The van der Waals surface area contributed by atoms with Crippen LogP contribution in [0.1, 0.15) is 35.0 Å². The third-order valence-corrected chi connectivity index (χ3v) is 5.08. The van der Waals surface area contributed by atoms with E-state index in [9.17, 15) is 4.79 Å². The molecule has 1 aromatic rings. The molecule has 0 aromatic carbocycles. The van der Waals surface area contributed by atoms with Gasteiger partial charge in [-0.2, -0.15) is 0 Å². The number of amides is 1. The maximum absolute atomic E-state index is 12.6. The normalized spacial score (nSPS) is 23.3. The van der Waals surface area contributed by atoms with Crippen molar-refractivity contribution in [3.63, 3.8) is 0 Å². The number of likely N-dealkylation sites (N-methyl/N-ethyl adjacent to an activating group) is 1. The SMILES string of the molecule is CCC[C@@H]1CN(C(=O)c2sccc2C)C[C@H]1N(C)C. The molecule has 0 spiro atoms. The number of rotatable bonds is 4. The van der Waals surface area contributed by atoms with Gasteiger partial charge in [0, 0.05) is 19.1 Å². The Kier molecular flexibility index (Phi) is 4.63. The van der Waals surface area contributed by atoms with E-state index in [-0.39, 0.29) is 5.91 Å². The summed E-state index contributed by atoms with van der Waals surface area (Å²) in [7, 11) is 4.25. The van der Waals surface area contributed by atoms with Crippen molar-refractivity contribution < 1.29 is 4.79 Å². The molecule has 1 saturated heterocycles. The number of carbonyl (C=O) groups excluding carboxylic acids is 1. The van der Waals surface area contributed by atoms with Crippen molar-refractivity contribution in [1.29, 1.82) is 0 Å². The van der Waals surface area contributed by atoms with Crippen molar-refractivity contribution >= 4 is 17.2 Å². The first-order valence-corrected chi connectivity index (χ1v) is 7.92. The van der Waals surface area contributed by atoms with Crippen LogP contribution >= 0.6 is 11.3 Å².